The number of ether oxygens (including phenoxy) is 1. The molecule has 0 radical (unpaired) electrons. The predicted molar refractivity (Wildman–Crippen MR) is 154 cm³/mol. The number of phenols is 1. The van der Waals surface area contributed by atoms with Crippen LogP contribution in [-0.4, -0.2) is 91.1 Å². The summed E-state index contributed by atoms with van der Waals surface area (Å²) in [7, 11) is 4.17. The Morgan fingerprint density at radius 1 is 1.15 bits per heavy atom. The number of anilines is 2. The Labute approximate surface area is 233 Å². The topological polar surface area (TPSA) is 89.4 Å². The molecule has 1 saturated heterocycles. The van der Waals surface area contributed by atoms with Crippen LogP contribution in [0.4, 0.5) is 16.2 Å². The van der Waals surface area contributed by atoms with Crippen molar-refractivity contribution in [2.24, 2.45) is 5.10 Å². The van der Waals surface area contributed by atoms with E-state index in [1.54, 1.807) is 11.0 Å². The molecule has 0 saturated carbocycles. The summed E-state index contributed by atoms with van der Waals surface area (Å²) in [6, 6.07) is 11.9. The summed E-state index contributed by atoms with van der Waals surface area (Å²) in [4.78, 5) is 14.6. The molecule has 0 bridgehead atoms. The second kappa shape index (κ2) is 13.7. The molecule has 1 aromatic heterocycles. The molecule has 9 nitrogen and oxygen atoms in total. The number of aromatic nitrogens is 2. The van der Waals surface area contributed by atoms with Gasteiger partial charge in [0.25, 0.3) is 0 Å². The maximum atomic E-state index is 14.3. The molecule has 0 unspecified atom stereocenters. The van der Waals surface area contributed by atoms with E-state index in [0.717, 1.165) is 43.5 Å². The molecule has 2 N–H and O–H groups in total. The monoisotopic (exact) mass is 555 g/mol. The number of halogens is 2. The molecule has 0 spiro atoms. The Kier molecular flexibility index (Phi) is 10.0. The molecule has 0 aliphatic carbocycles. The van der Waals surface area contributed by atoms with E-state index in [-0.39, 0.29) is 22.5 Å². The van der Waals surface area contributed by atoms with Gasteiger partial charge in [-0.2, -0.15) is 10.1 Å². The fourth-order valence-electron chi connectivity index (χ4n) is 4.21. The first-order valence-electron chi connectivity index (χ1n) is 13.0. The Balaban J connectivity index is 1.46. The van der Waals surface area contributed by atoms with E-state index in [4.69, 9.17) is 16.3 Å². The van der Waals surface area contributed by atoms with Crippen LogP contribution in [-0.2, 0) is 11.3 Å². The van der Waals surface area contributed by atoms with Gasteiger partial charge in [-0.05, 0) is 49.5 Å². The van der Waals surface area contributed by atoms with Crippen LogP contribution in [0.3, 0.4) is 0 Å². The number of likely N-dealkylation sites (N-methyl/N-ethyl adjacent to an activating group) is 2. The van der Waals surface area contributed by atoms with Gasteiger partial charge in [0, 0.05) is 38.3 Å². The van der Waals surface area contributed by atoms with Crippen LogP contribution in [0, 0.1) is 5.82 Å². The summed E-state index contributed by atoms with van der Waals surface area (Å²) in [6.45, 7) is 8.17. The molecule has 39 heavy (non-hydrogen) atoms. The number of aromatic hydroxyl groups is 1. The molecule has 1 aliphatic heterocycles. The van der Waals surface area contributed by atoms with Gasteiger partial charge in [-0.25, -0.2) is 14.8 Å². The van der Waals surface area contributed by atoms with Crippen LogP contribution < -0.4 is 10.3 Å². The van der Waals surface area contributed by atoms with Crippen molar-refractivity contribution in [3.05, 3.63) is 64.6 Å². The van der Waals surface area contributed by atoms with Crippen molar-refractivity contribution in [2.75, 3.05) is 70.4 Å². The molecule has 4 rings (SSSR count). The summed E-state index contributed by atoms with van der Waals surface area (Å²) < 4.78 is 19.6. The Hall–Kier alpha value is -3.31. The van der Waals surface area contributed by atoms with Crippen LogP contribution in [0.2, 0.25) is 5.02 Å². The summed E-state index contributed by atoms with van der Waals surface area (Å²) in [5.74, 6) is -0.262. The minimum absolute atomic E-state index is 0.0869. The third-order valence-electron chi connectivity index (χ3n) is 6.50. The zero-order chi connectivity index (χ0) is 27.8. The Bertz CT molecular complexity index is 1270. The van der Waals surface area contributed by atoms with Crippen molar-refractivity contribution in [3.8, 4) is 16.9 Å². The van der Waals surface area contributed by atoms with Gasteiger partial charge in [0.05, 0.1) is 30.6 Å². The molecule has 1 fully saturated rings. The fraction of sp³-hybridized carbons (Fsp3) is 0.393. The molecule has 3 aromatic rings. The van der Waals surface area contributed by atoms with Crippen LogP contribution in [0.5, 0.6) is 5.75 Å². The quantitative estimate of drug-likeness (QED) is 0.267. The number of nitrogens with zero attached hydrogens (tertiary/aromatic N) is 6. The number of hydrazone groups is 1. The highest BCUT2D eigenvalue weighted by Crippen LogP contribution is 2.33. The molecular formula is C28H35ClFN7O2. The van der Waals surface area contributed by atoms with Gasteiger partial charge in [0.2, 0.25) is 5.95 Å². The van der Waals surface area contributed by atoms with Crippen molar-refractivity contribution in [2.45, 2.75) is 13.5 Å². The summed E-state index contributed by atoms with van der Waals surface area (Å²) >= 11 is 6.34. The molecule has 11 heteroatoms. The van der Waals surface area contributed by atoms with Crippen molar-refractivity contribution in [3.63, 3.8) is 0 Å². The van der Waals surface area contributed by atoms with Crippen molar-refractivity contribution >= 4 is 29.6 Å². The zero-order valence-corrected chi connectivity index (χ0v) is 23.3. The largest absolute Gasteiger partial charge is 0.506 e. The summed E-state index contributed by atoms with van der Waals surface area (Å²) in [6.07, 6.45) is 2.54. The lowest BCUT2D eigenvalue weighted by Crippen LogP contribution is -2.37. The molecule has 2 heterocycles. The number of hydrogen-bond acceptors (Lipinski definition) is 9. The maximum Gasteiger partial charge on any atom is 0.245 e. The third kappa shape index (κ3) is 7.86. The average molecular weight is 556 g/mol. The standard InChI is InChI=1S/C28H35ClFN7O2/c1-4-36(10-9-35(2)3)19-20-5-7-21(8-6-20)22-15-23(26(38)24(29)16-22)17-32-34-28-31-18-25(30)27(33-28)37-11-13-39-14-12-37/h5-8,15-18,38H,4,9-14,19H2,1-3H3,(H,31,33,34)/b32-17+. The van der Waals surface area contributed by atoms with Gasteiger partial charge in [-0.3, -0.25) is 4.90 Å². The number of phenolic OH excluding ortho intramolecular Hbond substituents is 1. The minimum Gasteiger partial charge on any atom is -0.506 e. The number of hydrogen-bond donors (Lipinski definition) is 2. The maximum absolute atomic E-state index is 14.3. The van der Waals surface area contributed by atoms with Crippen LogP contribution in [0.1, 0.15) is 18.1 Å². The van der Waals surface area contributed by atoms with Crippen LogP contribution in [0.25, 0.3) is 11.1 Å². The second-order valence-electron chi connectivity index (χ2n) is 9.60. The molecule has 0 amide bonds. The Morgan fingerprint density at radius 2 is 1.90 bits per heavy atom. The van der Waals surface area contributed by atoms with Crippen LogP contribution >= 0.6 is 11.6 Å². The number of rotatable bonds is 11. The predicted octanol–water partition coefficient (Wildman–Crippen LogP) is 4.31. The third-order valence-corrected chi connectivity index (χ3v) is 6.79. The normalized spacial score (nSPS) is 14.1. The van der Waals surface area contributed by atoms with Gasteiger partial charge in [0.1, 0.15) is 5.75 Å². The number of nitrogens with one attached hydrogen (secondary N) is 1. The number of morpholine rings is 1. The highest BCUT2D eigenvalue weighted by Gasteiger charge is 2.18. The lowest BCUT2D eigenvalue weighted by atomic mass is 10.0. The van der Waals surface area contributed by atoms with Gasteiger partial charge < -0.3 is 19.6 Å². The number of benzene rings is 2. The first kappa shape index (κ1) is 28.7. The van der Waals surface area contributed by atoms with Crippen LogP contribution in [0.15, 0.2) is 47.7 Å². The van der Waals surface area contributed by atoms with Gasteiger partial charge >= 0.3 is 0 Å². The van der Waals surface area contributed by atoms with E-state index in [0.29, 0.717) is 31.9 Å². The highest BCUT2D eigenvalue weighted by molar-refractivity contribution is 6.32. The van der Waals surface area contributed by atoms with E-state index in [1.165, 1.54) is 11.8 Å². The van der Waals surface area contributed by atoms with Gasteiger partial charge in [-0.1, -0.05) is 42.8 Å². The first-order chi connectivity index (χ1) is 18.8. The smallest absolute Gasteiger partial charge is 0.245 e. The lowest BCUT2D eigenvalue weighted by Gasteiger charge is -2.27. The SMILES string of the molecule is CCN(CCN(C)C)Cc1ccc(-c2cc(Cl)c(O)c(/C=N/Nc3ncc(F)c(N4CCOCC4)n3)c2)cc1. The van der Waals surface area contributed by atoms with E-state index in [9.17, 15) is 9.50 Å². The fourth-order valence-corrected chi connectivity index (χ4v) is 4.43. The van der Waals surface area contributed by atoms with E-state index < -0.39 is 5.82 Å². The lowest BCUT2D eigenvalue weighted by molar-refractivity contribution is 0.122. The van der Waals surface area contributed by atoms with Crippen molar-refractivity contribution in [1.82, 2.24) is 19.8 Å². The first-order valence-corrected chi connectivity index (χ1v) is 13.3. The average Bonchev–Trinajstić information content (AvgIpc) is 2.94. The van der Waals surface area contributed by atoms with Crippen molar-refractivity contribution < 1.29 is 14.2 Å². The zero-order valence-electron chi connectivity index (χ0n) is 22.6. The Morgan fingerprint density at radius 3 is 2.59 bits per heavy atom. The molecule has 208 valence electrons. The van der Waals surface area contributed by atoms with Gasteiger partial charge in [0.15, 0.2) is 11.6 Å². The molecular weight excluding hydrogens is 521 g/mol. The molecule has 0 atom stereocenters. The molecule has 1 aliphatic rings. The highest BCUT2D eigenvalue weighted by atomic mass is 35.5. The second-order valence-corrected chi connectivity index (χ2v) is 10.0. The van der Waals surface area contributed by atoms with E-state index >= 15 is 0 Å². The summed E-state index contributed by atoms with van der Waals surface area (Å²) in [5, 5.41) is 14.9. The van der Waals surface area contributed by atoms with Crippen molar-refractivity contribution in [1.29, 1.82) is 0 Å². The van der Waals surface area contributed by atoms with Gasteiger partial charge in [-0.15, -0.1) is 0 Å². The summed E-state index contributed by atoms with van der Waals surface area (Å²) in [5.41, 5.74) is 6.18. The van der Waals surface area contributed by atoms with E-state index in [1.807, 2.05) is 6.07 Å². The van der Waals surface area contributed by atoms with E-state index in [2.05, 4.69) is 75.6 Å². The minimum atomic E-state index is -0.509. The molecule has 2 aromatic carbocycles.